The van der Waals surface area contributed by atoms with E-state index in [4.69, 9.17) is 8.92 Å². The molecule has 2 bridgehead atoms. The van der Waals surface area contributed by atoms with Crippen LogP contribution in [0.15, 0.2) is 59.5 Å². The number of hydrogen-bond donors (Lipinski definition) is 1. The van der Waals surface area contributed by atoms with Crippen LogP contribution < -0.4 is 4.74 Å². The summed E-state index contributed by atoms with van der Waals surface area (Å²) in [6, 6.07) is 12.5. The van der Waals surface area contributed by atoms with Gasteiger partial charge in [-0.25, -0.2) is 0 Å². The van der Waals surface area contributed by atoms with Gasteiger partial charge in [-0.15, -0.1) is 0 Å². The molecule has 1 fully saturated rings. The summed E-state index contributed by atoms with van der Waals surface area (Å²) in [5, 5.41) is 12.0. The molecular formula is C24H25NO5S. The molecule has 2 heterocycles. The number of ether oxygens (including phenoxy) is 1. The number of likely N-dealkylation sites (N-methyl/N-ethyl adjacent to an activating group) is 1. The summed E-state index contributed by atoms with van der Waals surface area (Å²) in [7, 11) is -1.96. The van der Waals surface area contributed by atoms with E-state index >= 15 is 0 Å². The minimum atomic E-state index is -4.00. The molecule has 4 aliphatic rings. The van der Waals surface area contributed by atoms with Crippen molar-refractivity contribution in [3.05, 3.63) is 71.3 Å². The van der Waals surface area contributed by atoms with Gasteiger partial charge in [0.15, 0.2) is 0 Å². The lowest BCUT2D eigenvalue weighted by atomic mass is 9.50. The van der Waals surface area contributed by atoms with Crippen LogP contribution in [0.25, 0.3) is 0 Å². The molecule has 2 aliphatic carbocycles. The summed E-state index contributed by atoms with van der Waals surface area (Å²) in [5.74, 6) is 0.731. The maximum Gasteiger partial charge on any atom is 0.297 e. The Morgan fingerprint density at radius 3 is 2.74 bits per heavy atom. The molecule has 0 amide bonds. The normalized spacial score (nSPS) is 35.5. The SMILES string of the molecule is Cc1ccc(S(=O)(=O)O[C@H]2C=CC3(O)C4Cc5cccc6c5C3(CCN4C)[C@H]2O6)cc1. The largest absolute Gasteiger partial charge is 0.486 e. The van der Waals surface area contributed by atoms with Gasteiger partial charge in [0.2, 0.25) is 0 Å². The van der Waals surface area contributed by atoms with E-state index in [1.165, 1.54) is 0 Å². The maximum atomic E-state index is 13.1. The Balaban J connectivity index is 1.47. The van der Waals surface area contributed by atoms with Gasteiger partial charge < -0.3 is 9.84 Å². The Labute approximate surface area is 182 Å². The van der Waals surface area contributed by atoms with Crippen molar-refractivity contribution in [2.75, 3.05) is 13.6 Å². The standard InChI is InChI=1S/C24H25NO5S/c1-15-6-8-17(9-7-15)31(27,28)30-19-10-11-24(26)20-14-16-4-3-5-18-21(16)23(24,22(19)29-18)12-13-25(20)2/h3-11,19-20,22,26H,12-14H2,1-2H3/t19-,20?,22-,23?,24?/m0/s1. The van der Waals surface area contributed by atoms with Gasteiger partial charge in [-0.3, -0.25) is 9.08 Å². The van der Waals surface area contributed by atoms with Crippen molar-refractivity contribution >= 4 is 10.1 Å². The summed E-state index contributed by atoms with van der Waals surface area (Å²) in [4.78, 5) is 2.32. The number of nitrogens with zero attached hydrogens (tertiary/aromatic N) is 1. The van der Waals surface area contributed by atoms with Gasteiger partial charge in [0.1, 0.15) is 23.6 Å². The molecule has 6 rings (SSSR count). The molecule has 0 aromatic heterocycles. The molecular weight excluding hydrogens is 414 g/mol. The Morgan fingerprint density at radius 2 is 1.97 bits per heavy atom. The molecule has 31 heavy (non-hydrogen) atoms. The third-order valence-corrected chi connectivity index (χ3v) is 9.04. The summed E-state index contributed by atoms with van der Waals surface area (Å²) in [5.41, 5.74) is 1.30. The summed E-state index contributed by atoms with van der Waals surface area (Å²) < 4.78 is 38.2. The van der Waals surface area contributed by atoms with E-state index in [0.29, 0.717) is 6.42 Å². The topological polar surface area (TPSA) is 76.1 Å². The lowest BCUT2D eigenvalue weighted by Gasteiger charge is -2.61. The Kier molecular flexibility index (Phi) is 3.89. The maximum absolute atomic E-state index is 13.1. The number of rotatable bonds is 3. The number of hydrogen-bond acceptors (Lipinski definition) is 6. The molecule has 2 aromatic rings. The van der Waals surface area contributed by atoms with Crippen molar-refractivity contribution < 1.29 is 22.4 Å². The molecule has 7 heteroatoms. The fraction of sp³-hybridized carbons (Fsp3) is 0.417. The van der Waals surface area contributed by atoms with Crippen molar-refractivity contribution in [1.82, 2.24) is 4.90 Å². The Bertz CT molecular complexity index is 1210. The number of piperidine rings is 1. The molecule has 0 radical (unpaired) electrons. The van der Waals surface area contributed by atoms with Crippen molar-refractivity contribution in [2.45, 2.75) is 53.9 Å². The van der Waals surface area contributed by atoms with Gasteiger partial charge in [0.05, 0.1) is 10.3 Å². The van der Waals surface area contributed by atoms with Crippen LogP contribution in [0.1, 0.15) is 23.1 Å². The van der Waals surface area contributed by atoms with Crippen LogP contribution in [0.3, 0.4) is 0 Å². The van der Waals surface area contributed by atoms with Gasteiger partial charge in [-0.1, -0.05) is 42.0 Å². The van der Waals surface area contributed by atoms with Gasteiger partial charge in [0, 0.05) is 11.6 Å². The monoisotopic (exact) mass is 439 g/mol. The van der Waals surface area contributed by atoms with Crippen molar-refractivity contribution in [3.63, 3.8) is 0 Å². The van der Waals surface area contributed by atoms with E-state index < -0.39 is 33.3 Å². The fourth-order valence-corrected chi connectivity index (χ4v) is 7.27. The second-order valence-electron chi connectivity index (χ2n) is 9.26. The van der Waals surface area contributed by atoms with Crippen LogP contribution in [0.2, 0.25) is 0 Å². The predicted molar refractivity (Wildman–Crippen MR) is 115 cm³/mol. The highest BCUT2D eigenvalue weighted by Gasteiger charge is 2.71. The van der Waals surface area contributed by atoms with E-state index in [1.807, 2.05) is 26.1 Å². The molecule has 2 aliphatic heterocycles. The highest BCUT2D eigenvalue weighted by atomic mass is 32.2. The summed E-state index contributed by atoms with van der Waals surface area (Å²) in [6.07, 6.45) is 3.40. The average Bonchev–Trinajstić information content (AvgIpc) is 3.08. The lowest BCUT2D eigenvalue weighted by molar-refractivity contribution is -0.148. The zero-order valence-corrected chi connectivity index (χ0v) is 18.3. The smallest absolute Gasteiger partial charge is 0.297 e. The molecule has 2 aromatic carbocycles. The molecule has 1 saturated heterocycles. The minimum absolute atomic E-state index is 0.0981. The van der Waals surface area contributed by atoms with Crippen LogP contribution in [-0.4, -0.2) is 55.9 Å². The highest BCUT2D eigenvalue weighted by molar-refractivity contribution is 7.86. The third-order valence-electron chi connectivity index (χ3n) is 7.71. The summed E-state index contributed by atoms with van der Waals surface area (Å²) >= 11 is 0. The quantitative estimate of drug-likeness (QED) is 0.584. The molecule has 6 nitrogen and oxygen atoms in total. The number of likely N-dealkylation sites (tertiary alicyclic amines) is 1. The van der Waals surface area contributed by atoms with Crippen LogP contribution in [-0.2, 0) is 26.1 Å². The van der Waals surface area contributed by atoms with E-state index in [0.717, 1.165) is 35.4 Å². The highest BCUT2D eigenvalue weighted by Crippen LogP contribution is 2.62. The van der Waals surface area contributed by atoms with Crippen molar-refractivity contribution in [1.29, 1.82) is 0 Å². The first-order valence-electron chi connectivity index (χ1n) is 10.7. The first-order chi connectivity index (χ1) is 14.8. The second kappa shape index (κ2) is 6.19. The van der Waals surface area contributed by atoms with Crippen LogP contribution >= 0.6 is 0 Å². The lowest BCUT2D eigenvalue weighted by Crippen LogP contribution is -2.75. The number of benzene rings is 2. The van der Waals surface area contributed by atoms with E-state index in [9.17, 15) is 13.5 Å². The van der Waals surface area contributed by atoms with E-state index in [2.05, 4.69) is 11.0 Å². The number of aryl methyl sites for hydroxylation is 1. The van der Waals surface area contributed by atoms with Crippen LogP contribution in [0.5, 0.6) is 5.75 Å². The van der Waals surface area contributed by atoms with Gasteiger partial charge in [-0.2, -0.15) is 8.42 Å². The first kappa shape index (κ1) is 19.5. The van der Waals surface area contributed by atoms with E-state index in [1.54, 1.807) is 36.4 Å². The summed E-state index contributed by atoms with van der Waals surface area (Å²) in [6.45, 7) is 2.70. The molecule has 162 valence electrons. The fourth-order valence-electron chi connectivity index (χ4n) is 6.23. The zero-order chi connectivity index (χ0) is 21.6. The minimum Gasteiger partial charge on any atom is -0.486 e. The van der Waals surface area contributed by atoms with Crippen molar-refractivity contribution in [3.8, 4) is 5.75 Å². The number of aliphatic hydroxyl groups is 1. The van der Waals surface area contributed by atoms with Gasteiger partial charge in [-0.05, 0) is 57.1 Å². The van der Waals surface area contributed by atoms with E-state index in [-0.39, 0.29) is 10.9 Å². The Hall–Kier alpha value is -2.19. The van der Waals surface area contributed by atoms with Gasteiger partial charge in [0.25, 0.3) is 10.1 Å². The molecule has 0 saturated carbocycles. The average molecular weight is 440 g/mol. The molecule has 3 unspecified atom stereocenters. The van der Waals surface area contributed by atoms with Crippen molar-refractivity contribution in [2.24, 2.45) is 0 Å². The molecule has 1 N–H and O–H groups in total. The van der Waals surface area contributed by atoms with Crippen LogP contribution in [0.4, 0.5) is 0 Å². The predicted octanol–water partition coefficient (Wildman–Crippen LogP) is 2.33. The molecule has 1 spiro atoms. The van der Waals surface area contributed by atoms with Crippen LogP contribution in [0, 0.1) is 6.92 Å². The second-order valence-corrected chi connectivity index (χ2v) is 10.8. The molecule has 5 atom stereocenters. The first-order valence-corrected chi connectivity index (χ1v) is 12.1. The van der Waals surface area contributed by atoms with Gasteiger partial charge >= 0.3 is 0 Å². The third kappa shape index (κ3) is 2.40. The Morgan fingerprint density at radius 1 is 1.19 bits per heavy atom. The zero-order valence-electron chi connectivity index (χ0n) is 17.5.